The minimum atomic E-state index is -0.861. The van der Waals surface area contributed by atoms with Gasteiger partial charge in [0, 0.05) is 32.7 Å². The summed E-state index contributed by atoms with van der Waals surface area (Å²) in [5.41, 5.74) is 2.01. The number of carbonyl (C=O) groups is 2. The van der Waals surface area contributed by atoms with Crippen molar-refractivity contribution in [3.05, 3.63) is 59.4 Å². The molecule has 3 aliphatic heterocycles. The molecule has 1 aromatic carbocycles. The average molecular weight is 465 g/mol. The number of carboxylic acids is 1. The van der Waals surface area contributed by atoms with Crippen LogP contribution in [-0.2, 0) is 9.59 Å². The summed E-state index contributed by atoms with van der Waals surface area (Å²) in [7, 11) is 0. The zero-order valence-electron chi connectivity index (χ0n) is 19.9. The van der Waals surface area contributed by atoms with E-state index in [2.05, 4.69) is 29.2 Å². The highest BCUT2D eigenvalue weighted by atomic mass is 16.4. The maximum atomic E-state index is 13.0. The predicted octanol–water partition coefficient (Wildman–Crippen LogP) is 3.61. The Labute approximate surface area is 202 Å². The monoisotopic (exact) mass is 464 g/mol. The van der Waals surface area contributed by atoms with Crippen molar-refractivity contribution in [3.8, 4) is 0 Å². The maximum Gasteiger partial charge on any atom is 0.325 e. The first kappa shape index (κ1) is 24.2. The van der Waals surface area contributed by atoms with Crippen LogP contribution in [0.3, 0.4) is 0 Å². The Balaban J connectivity index is 1.19. The van der Waals surface area contributed by atoms with E-state index in [1.165, 1.54) is 5.57 Å². The first-order chi connectivity index (χ1) is 16.6. The first-order valence-corrected chi connectivity index (χ1v) is 12.5. The molecule has 7 heteroatoms. The van der Waals surface area contributed by atoms with E-state index in [0.29, 0.717) is 19.0 Å². The normalized spacial score (nSPS) is 21.2. The molecule has 3 aliphatic rings. The lowest BCUT2D eigenvalue weighted by molar-refractivity contribution is -0.153. The van der Waals surface area contributed by atoms with Gasteiger partial charge in [-0.2, -0.15) is 0 Å². The summed E-state index contributed by atoms with van der Waals surface area (Å²) in [5.74, 6) is 0.807. The summed E-state index contributed by atoms with van der Waals surface area (Å²) in [6, 6.07) is 8.59. The third-order valence-electron chi connectivity index (χ3n) is 7.34. The van der Waals surface area contributed by atoms with Crippen LogP contribution in [0, 0.1) is 11.8 Å². The number of carbonyl (C=O) groups excluding carboxylic acids is 1. The summed E-state index contributed by atoms with van der Waals surface area (Å²) in [4.78, 5) is 32.8. The minimum absolute atomic E-state index is 0.0879. The quantitative estimate of drug-likeness (QED) is 0.546. The number of hydrogen-bond acceptors (Lipinski definition) is 5. The number of aliphatic imine (C=N–C) groups is 1. The smallest absolute Gasteiger partial charge is 0.325 e. The number of rotatable bonds is 9. The van der Waals surface area contributed by atoms with Gasteiger partial charge in [0.25, 0.3) is 0 Å². The second-order valence-corrected chi connectivity index (χ2v) is 9.61. The summed E-state index contributed by atoms with van der Waals surface area (Å²) in [6.45, 7) is 7.27. The number of benzene rings is 1. The molecule has 1 atom stereocenters. The van der Waals surface area contributed by atoms with Gasteiger partial charge in [-0.25, -0.2) is 4.99 Å². The van der Waals surface area contributed by atoms with Gasteiger partial charge in [0.1, 0.15) is 11.9 Å². The number of aliphatic carboxylic acids is 1. The number of nitrogens with zero attached hydrogens (tertiary/aromatic N) is 3. The van der Waals surface area contributed by atoms with E-state index in [1.807, 2.05) is 40.1 Å². The second-order valence-electron chi connectivity index (χ2n) is 9.61. The van der Waals surface area contributed by atoms with Crippen molar-refractivity contribution in [2.75, 3.05) is 32.7 Å². The third-order valence-corrected chi connectivity index (χ3v) is 7.34. The predicted molar refractivity (Wildman–Crippen MR) is 133 cm³/mol. The molecular weight excluding hydrogens is 428 g/mol. The summed E-state index contributed by atoms with van der Waals surface area (Å²) in [6.07, 6.45) is 10.9. The highest BCUT2D eigenvalue weighted by Crippen LogP contribution is 2.31. The van der Waals surface area contributed by atoms with E-state index >= 15 is 0 Å². The number of carboxylic acid groups (broad SMARTS) is 1. The van der Waals surface area contributed by atoms with E-state index in [9.17, 15) is 14.7 Å². The van der Waals surface area contributed by atoms with Crippen molar-refractivity contribution in [3.63, 3.8) is 0 Å². The van der Waals surface area contributed by atoms with Crippen molar-refractivity contribution in [2.24, 2.45) is 16.8 Å². The van der Waals surface area contributed by atoms with Crippen LogP contribution < -0.4 is 5.32 Å². The summed E-state index contributed by atoms with van der Waals surface area (Å²) >= 11 is 0. The van der Waals surface area contributed by atoms with Gasteiger partial charge in [-0.15, -0.1) is 0 Å². The van der Waals surface area contributed by atoms with Crippen LogP contribution >= 0.6 is 0 Å². The lowest BCUT2D eigenvalue weighted by Crippen LogP contribution is -2.57. The second kappa shape index (κ2) is 11.5. The lowest BCUT2D eigenvalue weighted by Gasteiger charge is -2.44. The molecule has 34 heavy (non-hydrogen) atoms. The fourth-order valence-corrected chi connectivity index (χ4v) is 5.32. The Hall–Kier alpha value is -2.93. The zero-order chi connectivity index (χ0) is 23.9. The molecule has 0 spiro atoms. The molecule has 0 aromatic heterocycles. The molecular formula is C27H36N4O3. The Bertz CT molecular complexity index is 928. The van der Waals surface area contributed by atoms with Gasteiger partial charge in [0.05, 0.1) is 5.92 Å². The molecule has 7 nitrogen and oxygen atoms in total. The Morgan fingerprint density at radius 2 is 1.94 bits per heavy atom. The van der Waals surface area contributed by atoms with Gasteiger partial charge in [0.15, 0.2) is 0 Å². The topological polar surface area (TPSA) is 85.2 Å². The molecule has 3 heterocycles. The Morgan fingerprint density at radius 1 is 1.21 bits per heavy atom. The first-order valence-electron chi connectivity index (χ1n) is 12.5. The third kappa shape index (κ3) is 5.76. The van der Waals surface area contributed by atoms with E-state index in [-0.39, 0.29) is 11.8 Å². The van der Waals surface area contributed by atoms with Gasteiger partial charge in [0.2, 0.25) is 5.91 Å². The standard InChI is InChI=1S/C27H36N4O3/c1-28-25-22(12-7-15-29-25)11-6-5-8-20-13-16-30(17-14-20)26(32)23-18-31(19-23)24(27(33)34)21-9-3-2-4-10-21/h2-4,6,9-11,20,23-24,29H,1,5,7-8,12-19H2,(H,33,34)/b11-6-. The largest absolute Gasteiger partial charge is 0.480 e. The van der Waals surface area contributed by atoms with Crippen LogP contribution in [0.15, 0.2) is 58.9 Å². The number of amides is 1. The van der Waals surface area contributed by atoms with Gasteiger partial charge >= 0.3 is 5.97 Å². The number of piperidine rings is 1. The van der Waals surface area contributed by atoms with Crippen LogP contribution in [0.25, 0.3) is 0 Å². The van der Waals surface area contributed by atoms with Crippen molar-refractivity contribution >= 4 is 18.6 Å². The molecule has 1 amide bonds. The molecule has 0 radical (unpaired) electrons. The van der Waals surface area contributed by atoms with Crippen LogP contribution in [-0.4, -0.2) is 66.2 Å². The van der Waals surface area contributed by atoms with Gasteiger partial charge < -0.3 is 15.3 Å². The van der Waals surface area contributed by atoms with Crippen LogP contribution in [0.4, 0.5) is 0 Å². The minimum Gasteiger partial charge on any atom is -0.480 e. The van der Waals surface area contributed by atoms with E-state index in [4.69, 9.17) is 0 Å². The maximum absolute atomic E-state index is 13.0. The van der Waals surface area contributed by atoms with E-state index in [1.54, 1.807) is 0 Å². The van der Waals surface area contributed by atoms with Crippen LogP contribution in [0.2, 0.25) is 0 Å². The fourth-order valence-electron chi connectivity index (χ4n) is 5.32. The number of hydrogen-bond donors (Lipinski definition) is 2. The van der Waals surface area contributed by atoms with Crippen molar-refractivity contribution in [2.45, 2.75) is 44.6 Å². The van der Waals surface area contributed by atoms with Crippen molar-refractivity contribution in [1.82, 2.24) is 15.1 Å². The van der Waals surface area contributed by atoms with Crippen LogP contribution in [0.1, 0.15) is 50.1 Å². The Kier molecular flexibility index (Phi) is 8.16. The number of allylic oxidation sites excluding steroid dienone is 3. The van der Waals surface area contributed by atoms with Crippen molar-refractivity contribution < 1.29 is 14.7 Å². The highest BCUT2D eigenvalue weighted by Gasteiger charge is 2.42. The molecule has 2 fully saturated rings. The van der Waals surface area contributed by atoms with E-state index in [0.717, 1.165) is 69.5 Å². The molecule has 0 bridgehead atoms. The highest BCUT2D eigenvalue weighted by molar-refractivity contribution is 5.81. The molecule has 0 saturated carbocycles. The molecule has 1 aromatic rings. The van der Waals surface area contributed by atoms with Gasteiger partial charge in [-0.3, -0.25) is 14.5 Å². The molecule has 1 unspecified atom stereocenters. The zero-order valence-corrected chi connectivity index (χ0v) is 19.9. The summed E-state index contributed by atoms with van der Waals surface area (Å²) in [5, 5.41) is 13.0. The fraction of sp³-hybridized carbons (Fsp3) is 0.519. The van der Waals surface area contributed by atoms with Gasteiger partial charge in [-0.1, -0.05) is 42.5 Å². The molecule has 4 rings (SSSR count). The number of likely N-dealkylation sites (tertiary alicyclic amines) is 2. The molecule has 2 N–H and O–H groups in total. The summed E-state index contributed by atoms with van der Waals surface area (Å²) < 4.78 is 0. The molecule has 0 aliphatic carbocycles. The lowest BCUT2D eigenvalue weighted by atomic mass is 9.89. The average Bonchev–Trinajstić information content (AvgIpc) is 2.84. The van der Waals surface area contributed by atoms with Crippen molar-refractivity contribution in [1.29, 1.82) is 0 Å². The SMILES string of the molecule is C=NC1=C(/C=C\CCC2CCN(C(=O)C3CN(C(C(=O)O)c4ccccc4)C3)CC2)CCCN1. The van der Waals surface area contributed by atoms with E-state index < -0.39 is 12.0 Å². The molecule has 2 saturated heterocycles. The number of nitrogens with one attached hydrogen (secondary N) is 1. The van der Waals surface area contributed by atoms with Crippen LogP contribution in [0.5, 0.6) is 0 Å². The van der Waals surface area contributed by atoms with Gasteiger partial charge in [-0.05, 0) is 62.3 Å². The molecule has 182 valence electrons. The Morgan fingerprint density at radius 3 is 2.62 bits per heavy atom.